The summed E-state index contributed by atoms with van der Waals surface area (Å²) in [5.74, 6) is -1.05. The number of benzene rings is 1. The average Bonchev–Trinajstić information content (AvgIpc) is 2.20. The molecule has 0 atom stereocenters. The third-order valence-electron chi connectivity index (χ3n) is 1.69. The van der Waals surface area contributed by atoms with Gasteiger partial charge < -0.3 is 10.8 Å². The predicted octanol–water partition coefficient (Wildman–Crippen LogP) is 1.27. The lowest BCUT2D eigenvalue weighted by molar-refractivity contribution is 0.101. The molecule has 3 N–H and O–H groups in total. The molecule has 0 aliphatic heterocycles. The van der Waals surface area contributed by atoms with E-state index < -0.39 is 5.78 Å². The minimum atomic E-state index is -0.465. The topological polar surface area (TPSA) is 87.1 Å². The third-order valence-corrected chi connectivity index (χ3v) is 1.93. The predicted molar refractivity (Wildman–Crippen MR) is 52.3 cm³/mol. The molecule has 0 saturated heterocycles. The van der Waals surface area contributed by atoms with E-state index in [0.717, 1.165) is 0 Å². The second-order valence-corrected chi connectivity index (χ2v) is 2.90. The number of carbonyl (C=O) groups is 1. The zero-order valence-electron chi connectivity index (χ0n) is 7.12. The Kier molecular flexibility index (Phi) is 2.95. The van der Waals surface area contributed by atoms with Crippen molar-refractivity contribution < 1.29 is 9.90 Å². The molecule has 72 valence electrons. The molecule has 0 spiro atoms. The van der Waals surface area contributed by atoms with Crippen molar-refractivity contribution in [3.8, 4) is 11.8 Å². The van der Waals surface area contributed by atoms with E-state index in [9.17, 15) is 9.90 Å². The average molecular weight is 211 g/mol. The van der Waals surface area contributed by atoms with Crippen LogP contribution in [0.25, 0.3) is 0 Å². The van der Waals surface area contributed by atoms with Gasteiger partial charge in [0, 0.05) is 0 Å². The van der Waals surface area contributed by atoms with Crippen molar-refractivity contribution >= 4 is 23.1 Å². The molecular weight excluding hydrogens is 204 g/mol. The van der Waals surface area contributed by atoms with E-state index in [0.29, 0.717) is 0 Å². The van der Waals surface area contributed by atoms with Gasteiger partial charge in [0.05, 0.1) is 28.8 Å². The number of nitrogens with two attached hydrogens (primary N) is 1. The summed E-state index contributed by atoms with van der Waals surface area (Å²) in [6.45, 7) is 0. The molecule has 4 nitrogen and oxygen atoms in total. The van der Waals surface area contributed by atoms with Gasteiger partial charge in [-0.1, -0.05) is 0 Å². The number of phenolic OH excluding ortho intramolecular Hbond substituents is 1. The van der Waals surface area contributed by atoms with Gasteiger partial charge in [-0.3, -0.25) is 4.79 Å². The van der Waals surface area contributed by atoms with Crippen LogP contribution in [-0.4, -0.2) is 16.8 Å². The maximum absolute atomic E-state index is 11.2. The second kappa shape index (κ2) is 3.99. The number of halogens is 1. The summed E-state index contributed by atoms with van der Waals surface area (Å²) in [5.41, 5.74) is 5.59. The normalized spacial score (nSPS) is 9.43. The van der Waals surface area contributed by atoms with Gasteiger partial charge >= 0.3 is 0 Å². The number of nitrogens with zero attached hydrogens (tertiary/aromatic N) is 1. The molecule has 0 fully saturated rings. The highest BCUT2D eigenvalue weighted by Crippen LogP contribution is 2.27. The zero-order chi connectivity index (χ0) is 10.7. The van der Waals surface area contributed by atoms with Gasteiger partial charge in [-0.25, -0.2) is 0 Å². The molecule has 0 unspecified atom stereocenters. The lowest BCUT2D eigenvalue weighted by Crippen LogP contribution is -2.03. The largest absolute Gasteiger partial charge is 0.505 e. The minimum absolute atomic E-state index is 0.00230. The SMILES string of the molecule is N#Cc1cc(N)c(O)c(C(=O)CCl)c1. The van der Waals surface area contributed by atoms with Crippen molar-refractivity contribution in [1.29, 1.82) is 5.26 Å². The first-order valence-corrected chi connectivity index (χ1v) is 4.25. The van der Waals surface area contributed by atoms with Crippen LogP contribution in [0.15, 0.2) is 12.1 Å². The second-order valence-electron chi connectivity index (χ2n) is 2.63. The van der Waals surface area contributed by atoms with Crippen molar-refractivity contribution in [3.05, 3.63) is 23.3 Å². The highest BCUT2D eigenvalue weighted by Gasteiger charge is 2.13. The van der Waals surface area contributed by atoms with Crippen molar-refractivity contribution in [2.24, 2.45) is 0 Å². The molecule has 1 aromatic rings. The van der Waals surface area contributed by atoms with E-state index in [4.69, 9.17) is 22.6 Å². The fourth-order valence-corrected chi connectivity index (χ4v) is 1.15. The summed E-state index contributed by atoms with van der Waals surface area (Å²) in [6.07, 6.45) is 0. The summed E-state index contributed by atoms with van der Waals surface area (Å²) in [5, 5.41) is 18.0. The number of phenols is 1. The van der Waals surface area contributed by atoms with Crippen LogP contribution in [0.3, 0.4) is 0 Å². The van der Waals surface area contributed by atoms with Gasteiger partial charge in [0.1, 0.15) is 5.75 Å². The van der Waals surface area contributed by atoms with E-state index in [1.54, 1.807) is 0 Å². The van der Waals surface area contributed by atoms with E-state index in [-0.39, 0.29) is 28.4 Å². The Hall–Kier alpha value is -1.73. The van der Waals surface area contributed by atoms with Gasteiger partial charge in [-0.15, -0.1) is 11.6 Å². The summed E-state index contributed by atoms with van der Waals surface area (Å²) in [4.78, 5) is 11.2. The Balaban J connectivity index is 3.36. The zero-order valence-corrected chi connectivity index (χ0v) is 7.88. The maximum Gasteiger partial charge on any atom is 0.181 e. The van der Waals surface area contributed by atoms with Crippen molar-refractivity contribution in [2.45, 2.75) is 0 Å². The van der Waals surface area contributed by atoms with E-state index in [2.05, 4.69) is 0 Å². The van der Waals surface area contributed by atoms with Gasteiger partial charge in [-0.05, 0) is 12.1 Å². The molecule has 1 aromatic carbocycles. The number of hydrogen-bond acceptors (Lipinski definition) is 4. The van der Waals surface area contributed by atoms with Crippen LogP contribution in [0.2, 0.25) is 0 Å². The molecule has 0 heterocycles. The number of anilines is 1. The lowest BCUT2D eigenvalue weighted by Gasteiger charge is -2.04. The summed E-state index contributed by atoms with van der Waals surface area (Å²) in [7, 11) is 0. The fraction of sp³-hybridized carbons (Fsp3) is 0.111. The molecule has 1 rings (SSSR count). The van der Waals surface area contributed by atoms with Crippen LogP contribution in [0.5, 0.6) is 5.75 Å². The van der Waals surface area contributed by atoms with Gasteiger partial charge in [-0.2, -0.15) is 5.26 Å². The van der Waals surface area contributed by atoms with E-state index >= 15 is 0 Å². The number of hydrogen-bond donors (Lipinski definition) is 2. The first-order chi connectivity index (χ1) is 6.60. The molecule has 0 aromatic heterocycles. The standard InChI is InChI=1S/C9H7ClN2O2/c10-3-8(13)6-1-5(4-11)2-7(12)9(6)14/h1-2,14H,3,12H2. The lowest BCUT2D eigenvalue weighted by atomic mass is 10.1. The Morgan fingerprint density at radius 1 is 1.64 bits per heavy atom. The monoisotopic (exact) mass is 210 g/mol. The molecule has 0 radical (unpaired) electrons. The van der Waals surface area contributed by atoms with Crippen LogP contribution in [0.4, 0.5) is 5.69 Å². The first kappa shape index (κ1) is 10.4. The quantitative estimate of drug-likeness (QED) is 0.333. The highest BCUT2D eigenvalue weighted by atomic mass is 35.5. The van der Waals surface area contributed by atoms with Gasteiger partial charge in [0.25, 0.3) is 0 Å². The summed E-state index contributed by atoms with van der Waals surface area (Å²) >= 11 is 5.32. The molecule has 5 heteroatoms. The molecule has 0 amide bonds. The van der Waals surface area contributed by atoms with Gasteiger partial charge in [0.2, 0.25) is 0 Å². The number of nitrogen functional groups attached to an aromatic ring is 1. The molecule has 0 aliphatic rings. The van der Waals surface area contributed by atoms with Crippen molar-refractivity contribution in [1.82, 2.24) is 0 Å². The van der Waals surface area contributed by atoms with Crippen molar-refractivity contribution in [3.63, 3.8) is 0 Å². The summed E-state index contributed by atoms with van der Waals surface area (Å²) in [6, 6.07) is 4.38. The molecule has 0 bridgehead atoms. The Labute approximate surface area is 85.5 Å². The molecule has 14 heavy (non-hydrogen) atoms. The molecule has 0 aliphatic carbocycles. The van der Waals surface area contributed by atoms with Crippen molar-refractivity contribution in [2.75, 3.05) is 11.6 Å². The number of Topliss-reactive ketones (excluding diaryl/α,β-unsaturated/α-hetero) is 1. The Morgan fingerprint density at radius 2 is 2.29 bits per heavy atom. The van der Waals surface area contributed by atoms with E-state index in [1.807, 2.05) is 6.07 Å². The maximum atomic E-state index is 11.2. The highest BCUT2D eigenvalue weighted by molar-refractivity contribution is 6.31. The molecular formula is C9H7ClN2O2. The van der Waals surface area contributed by atoms with Crippen LogP contribution in [0, 0.1) is 11.3 Å². The van der Waals surface area contributed by atoms with Crippen LogP contribution < -0.4 is 5.73 Å². The molecule has 0 saturated carbocycles. The number of carbonyl (C=O) groups excluding carboxylic acids is 1. The smallest absolute Gasteiger partial charge is 0.181 e. The fourth-order valence-electron chi connectivity index (χ4n) is 1.01. The Bertz CT molecular complexity index is 424. The summed E-state index contributed by atoms with van der Waals surface area (Å²) < 4.78 is 0. The van der Waals surface area contributed by atoms with Gasteiger partial charge in [0.15, 0.2) is 5.78 Å². The Morgan fingerprint density at radius 3 is 2.79 bits per heavy atom. The number of alkyl halides is 1. The van der Waals surface area contributed by atoms with E-state index in [1.165, 1.54) is 12.1 Å². The minimum Gasteiger partial charge on any atom is -0.505 e. The number of nitriles is 1. The first-order valence-electron chi connectivity index (χ1n) is 3.72. The number of ketones is 1. The van der Waals surface area contributed by atoms with Crippen LogP contribution in [-0.2, 0) is 0 Å². The number of rotatable bonds is 2. The number of aromatic hydroxyl groups is 1. The third kappa shape index (κ3) is 1.78. The van der Waals surface area contributed by atoms with Crippen LogP contribution >= 0.6 is 11.6 Å². The van der Waals surface area contributed by atoms with Crippen LogP contribution in [0.1, 0.15) is 15.9 Å².